The van der Waals surface area contributed by atoms with Crippen molar-refractivity contribution in [3.05, 3.63) is 72.8 Å². The molecule has 3 aromatic carbocycles. The van der Waals surface area contributed by atoms with Crippen molar-refractivity contribution < 1.29 is 0 Å². The molecular formula is C34H40N8. The van der Waals surface area contributed by atoms with Crippen molar-refractivity contribution in [1.29, 1.82) is 0 Å². The van der Waals surface area contributed by atoms with Crippen LogP contribution in [0.4, 0.5) is 17.1 Å². The highest BCUT2D eigenvalue weighted by atomic mass is 15.2. The predicted molar refractivity (Wildman–Crippen MR) is 172 cm³/mol. The Labute approximate surface area is 248 Å². The zero-order valence-corrected chi connectivity index (χ0v) is 24.3. The molecule has 3 saturated heterocycles. The summed E-state index contributed by atoms with van der Waals surface area (Å²) in [5, 5.41) is 6.86. The number of aromatic nitrogens is 3. The summed E-state index contributed by atoms with van der Waals surface area (Å²) in [6.07, 6.45) is 3.86. The third-order valence-corrected chi connectivity index (χ3v) is 8.70. The van der Waals surface area contributed by atoms with Crippen LogP contribution in [0.15, 0.2) is 72.8 Å². The van der Waals surface area contributed by atoms with E-state index in [1.165, 1.54) is 36.3 Å². The monoisotopic (exact) mass is 560 g/mol. The molecule has 2 N–H and O–H groups in total. The normalized spacial score (nSPS) is 17.9. The summed E-state index contributed by atoms with van der Waals surface area (Å²) in [4.78, 5) is 22.3. The second-order valence-electron chi connectivity index (χ2n) is 11.5. The van der Waals surface area contributed by atoms with E-state index in [9.17, 15) is 0 Å². The van der Waals surface area contributed by atoms with Gasteiger partial charge in [0.15, 0.2) is 17.5 Å². The molecule has 3 aliphatic heterocycles. The van der Waals surface area contributed by atoms with Gasteiger partial charge in [-0.15, -0.1) is 0 Å². The van der Waals surface area contributed by atoms with Crippen molar-refractivity contribution in [1.82, 2.24) is 25.6 Å². The molecule has 0 aliphatic carbocycles. The number of piperazine rings is 2. The summed E-state index contributed by atoms with van der Waals surface area (Å²) in [5.74, 6) is 2.11. The molecule has 0 radical (unpaired) electrons. The number of piperidine rings is 1. The Balaban J connectivity index is 1.22. The van der Waals surface area contributed by atoms with Gasteiger partial charge in [0.1, 0.15) is 0 Å². The number of nitrogens with zero attached hydrogens (tertiary/aromatic N) is 6. The van der Waals surface area contributed by atoms with Gasteiger partial charge in [-0.05, 0) is 92.1 Å². The predicted octanol–water partition coefficient (Wildman–Crippen LogP) is 4.68. The van der Waals surface area contributed by atoms with Crippen molar-refractivity contribution >= 4 is 17.1 Å². The summed E-state index contributed by atoms with van der Waals surface area (Å²) in [6, 6.07) is 26.1. The van der Waals surface area contributed by atoms with Gasteiger partial charge >= 0.3 is 0 Å². The molecule has 4 heterocycles. The Morgan fingerprint density at radius 3 is 1.02 bits per heavy atom. The lowest BCUT2D eigenvalue weighted by molar-refractivity contribution is 0.578. The second kappa shape index (κ2) is 12.5. The van der Waals surface area contributed by atoms with Gasteiger partial charge in [0.25, 0.3) is 0 Å². The molecule has 0 spiro atoms. The van der Waals surface area contributed by atoms with Gasteiger partial charge < -0.3 is 25.3 Å². The molecule has 42 heavy (non-hydrogen) atoms. The molecule has 1 aromatic heterocycles. The second-order valence-corrected chi connectivity index (χ2v) is 11.5. The third-order valence-electron chi connectivity index (χ3n) is 8.70. The van der Waals surface area contributed by atoms with Crippen LogP contribution in [-0.2, 0) is 0 Å². The zero-order valence-electron chi connectivity index (χ0n) is 24.3. The van der Waals surface area contributed by atoms with E-state index in [0.717, 1.165) is 82.1 Å². The first-order chi connectivity index (χ1) is 20.8. The average Bonchev–Trinajstić information content (AvgIpc) is 3.09. The van der Waals surface area contributed by atoms with E-state index in [1.807, 2.05) is 0 Å². The Bertz CT molecular complexity index is 1260. The first kappa shape index (κ1) is 26.9. The Hall–Kier alpha value is -4.01. The molecular weight excluding hydrogens is 520 g/mol. The van der Waals surface area contributed by atoms with E-state index in [4.69, 9.17) is 15.0 Å². The summed E-state index contributed by atoms with van der Waals surface area (Å²) in [7, 11) is 0. The quantitative estimate of drug-likeness (QED) is 0.352. The summed E-state index contributed by atoms with van der Waals surface area (Å²) >= 11 is 0. The summed E-state index contributed by atoms with van der Waals surface area (Å²) < 4.78 is 0. The summed E-state index contributed by atoms with van der Waals surface area (Å²) in [6.45, 7) is 10.4. The maximum absolute atomic E-state index is 5.00. The molecule has 0 amide bonds. The molecule has 8 nitrogen and oxygen atoms in total. The maximum Gasteiger partial charge on any atom is 0.164 e. The fraction of sp³-hybridized carbons (Fsp3) is 0.382. The minimum absolute atomic E-state index is 0.702. The van der Waals surface area contributed by atoms with Crippen LogP contribution in [0, 0.1) is 0 Å². The molecule has 0 atom stereocenters. The molecule has 3 aliphatic rings. The van der Waals surface area contributed by atoms with Gasteiger partial charge in [0.2, 0.25) is 0 Å². The van der Waals surface area contributed by atoms with Crippen molar-refractivity contribution in [3.8, 4) is 34.2 Å². The number of benzene rings is 3. The van der Waals surface area contributed by atoms with Gasteiger partial charge in [0.05, 0.1) is 0 Å². The van der Waals surface area contributed by atoms with Crippen LogP contribution < -0.4 is 25.3 Å². The van der Waals surface area contributed by atoms with E-state index in [0.29, 0.717) is 17.5 Å². The number of hydrogen-bond donors (Lipinski definition) is 2. The Morgan fingerprint density at radius 2 is 0.690 bits per heavy atom. The van der Waals surface area contributed by atoms with Gasteiger partial charge in [-0.3, -0.25) is 0 Å². The van der Waals surface area contributed by atoms with Crippen LogP contribution in [0.25, 0.3) is 34.2 Å². The minimum atomic E-state index is 0.702. The van der Waals surface area contributed by atoms with E-state index in [2.05, 4.69) is 98.1 Å². The molecule has 4 aromatic rings. The highest BCUT2D eigenvalue weighted by molar-refractivity contribution is 5.69. The molecule has 3 fully saturated rings. The number of rotatable bonds is 6. The van der Waals surface area contributed by atoms with Crippen LogP contribution in [-0.4, -0.2) is 80.4 Å². The van der Waals surface area contributed by atoms with Gasteiger partial charge in [-0.25, -0.2) is 15.0 Å². The van der Waals surface area contributed by atoms with E-state index < -0.39 is 0 Å². The average molecular weight is 561 g/mol. The fourth-order valence-corrected chi connectivity index (χ4v) is 6.23. The Morgan fingerprint density at radius 1 is 0.381 bits per heavy atom. The lowest BCUT2D eigenvalue weighted by atomic mass is 10.1. The smallest absolute Gasteiger partial charge is 0.164 e. The zero-order chi connectivity index (χ0) is 28.1. The standard InChI is InChI=1S/C34H40N8/c1-2-20-40(21-3-1)29-10-4-26(5-11-29)32-37-33(27-6-12-30(13-7-27)41-22-16-35-17-23-41)39-34(38-32)28-8-14-31(15-9-28)42-24-18-36-19-25-42/h4-15,35-36H,1-3,16-25H2. The van der Waals surface area contributed by atoms with Gasteiger partial charge in [0, 0.05) is 99.2 Å². The van der Waals surface area contributed by atoms with Crippen molar-refractivity contribution in [3.63, 3.8) is 0 Å². The Kier molecular flexibility index (Phi) is 7.97. The molecule has 0 bridgehead atoms. The van der Waals surface area contributed by atoms with E-state index in [1.54, 1.807) is 0 Å². The van der Waals surface area contributed by atoms with Crippen molar-refractivity contribution in [2.75, 3.05) is 80.1 Å². The fourth-order valence-electron chi connectivity index (χ4n) is 6.23. The molecule has 0 unspecified atom stereocenters. The maximum atomic E-state index is 5.00. The summed E-state index contributed by atoms with van der Waals surface area (Å²) in [5.41, 5.74) is 6.77. The highest BCUT2D eigenvalue weighted by Crippen LogP contribution is 2.29. The van der Waals surface area contributed by atoms with Crippen LogP contribution in [0.3, 0.4) is 0 Å². The minimum Gasteiger partial charge on any atom is -0.372 e. The van der Waals surface area contributed by atoms with Crippen LogP contribution in [0.1, 0.15) is 19.3 Å². The SMILES string of the molecule is c1cc(N2CCCCC2)ccc1-c1nc(-c2ccc(N3CCNCC3)cc2)nc(-c2ccc(N3CCNCC3)cc2)n1. The molecule has 8 heteroatoms. The van der Waals surface area contributed by atoms with Crippen LogP contribution >= 0.6 is 0 Å². The number of hydrogen-bond acceptors (Lipinski definition) is 8. The molecule has 7 rings (SSSR count). The topological polar surface area (TPSA) is 72.5 Å². The van der Waals surface area contributed by atoms with Gasteiger partial charge in [-0.2, -0.15) is 0 Å². The first-order valence-corrected chi connectivity index (χ1v) is 15.5. The van der Waals surface area contributed by atoms with E-state index in [-0.39, 0.29) is 0 Å². The largest absolute Gasteiger partial charge is 0.372 e. The first-order valence-electron chi connectivity index (χ1n) is 15.5. The lowest BCUT2D eigenvalue weighted by Crippen LogP contribution is -2.43. The number of anilines is 3. The van der Waals surface area contributed by atoms with Crippen LogP contribution in [0.5, 0.6) is 0 Å². The van der Waals surface area contributed by atoms with Crippen molar-refractivity contribution in [2.24, 2.45) is 0 Å². The van der Waals surface area contributed by atoms with Crippen molar-refractivity contribution in [2.45, 2.75) is 19.3 Å². The van der Waals surface area contributed by atoms with Crippen LogP contribution in [0.2, 0.25) is 0 Å². The number of nitrogens with one attached hydrogen (secondary N) is 2. The third kappa shape index (κ3) is 5.96. The highest BCUT2D eigenvalue weighted by Gasteiger charge is 2.17. The lowest BCUT2D eigenvalue weighted by Gasteiger charge is -2.29. The van der Waals surface area contributed by atoms with Gasteiger partial charge in [-0.1, -0.05) is 0 Å². The van der Waals surface area contributed by atoms with E-state index >= 15 is 0 Å². The molecule has 0 saturated carbocycles. The molecule has 216 valence electrons.